The van der Waals surface area contributed by atoms with Crippen molar-refractivity contribution in [1.29, 1.82) is 0 Å². The number of carbonyl (C=O) groups is 1. The fraction of sp³-hybridized carbons (Fsp3) is 0.0833. The Bertz CT molecular complexity index is 583. The molecule has 6 heteroatoms. The quantitative estimate of drug-likeness (QED) is 0.797. The van der Waals surface area contributed by atoms with E-state index in [0.717, 1.165) is 12.1 Å². The molecule has 0 saturated carbocycles. The van der Waals surface area contributed by atoms with Crippen LogP contribution in [0.3, 0.4) is 0 Å². The summed E-state index contributed by atoms with van der Waals surface area (Å²) < 4.78 is 13.3. The van der Waals surface area contributed by atoms with Crippen LogP contribution < -0.4 is 5.73 Å². The highest BCUT2D eigenvalue weighted by molar-refractivity contribution is 7.10. The van der Waals surface area contributed by atoms with Crippen molar-refractivity contribution < 1.29 is 19.4 Å². The molecule has 1 aromatic carbocycles. The van der Waals surface area contributed by atoms with Crippen molar-refractivity contribution in [1.82, 2.24) is 0 Å². The minimum Gasteiger partial charge on any atom is -0.507 e. The molecule has 0 aliphatic rings. The molecule has 0 aliphatic heterocycles. The van der Waals surface area contributed by atoms with E-state index in [1.807, 2.05) is 0 Å². The third-order valence-corrected chi connectivity index (χ3v) is 3.47. The van der Waals surface area contributed by atoms with E-state index in [4.69, 9.17) is 10.8 Å². The van der Waals surface area contributed by atoms with Gasteiger partial charge < -0.3 is 15.9 Å². The van der Waals surface area contributed by atoms with Crippen LogP contribution in [-0.4, -0.2) is 16.2 Å². The van der Waals surface area contributed by atoms with Crippen LogP contribution in [0.15, 0.2) is 29.6 Å². The zero-order chi connectivity index (χ0) is 13.3. The summed E-state index contributed by atoms with van der Waals surface area (Å²) in [5.74, 6) is -2.64. The van der Waals surface area contributed by atoms with Gasteiger partial charge in [-0.3, -0.25) is 0 Å². The minimum absolute atomic E-state index is 0.0647. The Morgan fingerprint density at radius 1 is 1.44 bits per heavy atom. The third kappa shape index (κ3) is 2.20. The Labute approximate surface area is 106 Å². The van der Waals surface area contributed by atoms with E-state index in [1.54, 1.807) is 17.5 Å². The first-order valence-corrected chi connectivity index (χ1v) is 5.93. The molecule has 1 aromatic heterocycles. The second kappa shape index (κ2) is 4.75. The molecule has 2 rings (SSSR count). The van der Waals surface area contributed by atoms with Crippen molar-refractivity contribution in [2.75, 3.05) is 0 Å². The molecular formula is C12H10FNO3S. The van der Waals surface area contributed by atoms with Crippen LogP contribution in [0.2, 0.25) is 0 Å². The van der Waals surface area contributed by atoms with Crippen LogP contribution in [-0.2, 0) is 0 Å². The number of halogens is 1. The van der Waals surface area contributed by atoms with Crippen LogP contribution in [0.1, 0.15) is 26.8 Å². The van der Waals surface area contributed by atoms with Crippen LogP contribution in [0.5, 0.6) is 5.75 Å². The summed E-state index contributed by atoms with van der Waals surface area (Å²) in [4.78, 5) is 11.6. The van der Waals surface area contributed by atoms with Crippen molar-refractivity contribution in [3.05, 3.63) is 51.5 Å². The van der Waals surface area contributed by atoms with Gasteiger partial charge in [0.05, 0.1) is 6.04 Å². The van der Waals surface area contributed by atoms with Crippen LogP contribution in [0.4, 0.5) is 4.39 Å². The molecule has 2 aromatic rings. The largest absolute Gasteiger partial charge is 0.507 e. The summed E-state index contributed by atoms with van der Waals surface area (Å²) in [5.41, 5.74) is 5.47. The van der Waals surface area contributed by atoms with Crippen LogP contribution in [0, 0.1) is 5.82 Å². The zero-order valence-corrected chi connectivity index (χ0v) is 9.95. The first-order valence-electron chi connectivity index (χ1n) is 5.05. The standard InChI is InChI=1S/C12H10FNO3S/c13-6-4-7(10(14)9-2-1-3-18-9)11(15)8(5-6)12(16)17/h1-5,10,15H,14H2,(H,16,17)/t10-/m1/s1. The Morgan fingerprint density at radius 3 is 2.72 bits per heavy atom. The molecule has 18 heavy (non-hydrogen) atoms. The maximum Gasteiger partial charge on any atom is 0.339 e. The van der Waals surface area contributed by atoms with Gasteiger partial charge in [-0.15, -0.1) is 11.3 Å². The molecule has 0 fully saturated rings. The molecule has 0 aliphatic carbocycles. The number of benzene rings is 1. The number of aromatic carboxylic acids is 1. The Morgan fingerprint density at radius 2 is 2.17 bits per heavy atom. The fourth-order valence-electron chi connectivity index (χ4n) is 1.64. The number of carboxylic acid groups (broad SMARTS) is 1. The fourth-order valence-corrected chi connectivity index (χ4v) is 2.39. The molecule has 1 heterocycles. The molecule has 94 valence electrons. The lowest BCUT2D eigenvalue weighted by Crippen LogP contribution is -2.12. The summed E-state index contributed by atoms with van der Waals surface area (Å²) in [5, 5.41) is 20.5. The van der Waals surface area contributed by atoms with Gasteiger partial charge in [0, 0.05) is 10.4 Å². The van der Waals surface area contributed by atoms with Gasteiger partial charge in [0.1, 0.15) is 17.1 Å². The monoisotopic (exact) mass is 267 g/mol. The first-order chi connectivity index (χ1) is 8.50. The number of carboxylic acids is 1. The predicted molar refractivity (Wildman–Crippen MR) is 65.4 cm³/mol. The SMILES string of the molecule is N[C@@H](c1cccs1)c1cc(F)cc(C(=O)O)c1O. The molecular weight excluding hydrogens is 257 g/mol. The number of hydrogen-bond acceptors (Lipinski definition) is 4. The molecule has 4 N–H and O–H groups in total. The number of nitrogens with two attached hydrogens (primary N) is 1. The zero-order valence-electron chi connectivity index (χ0n) is 9.13. The molecule has 0 saturated heterocycles. The van der Waals surface area contributed by atoms with Gasteiger partial charge in [0.25, 0.3) is 0 Å². The summed E-state index contributed by atoms with van der Waals surface area (Å²) >= 11 is 1.35. The number of thiophene rings is 1. The minimum atomic E-state index is -1.40. The van der Waals surface area contributed by atoms with Crippen molar-refractivity contribution in [2.24, 2.45) is 5.73 Å². The smallest absolute Gasteiger partial charge is 0.339 e. The summed E-state index contributed by atoms with van der Waals surface area (Å²) in [6.45, 7) is 0. The van der Waals surface area contributed by atoms with Gasteiger partial charge in [0.2, 0.25) is 0 Å². The second-order valence-corrected chi connectivity index (χ2v) is 4.67. The number of phenols is 1. The van der Waals surface area contributed by atoms with Crippen LogP contribution >= 0.6 is 11.3 Å². The molecule has 0 spiro atoms. The number of aromatic hydroxyl groups is 1. The Kier molecular flexibility index (Phi) is 3.31. The van der Waals surface area contributed by atoms with E-state index in [9.17, 15) is 14.3 Å². The van der Waals surface area contributed by atoms with Gasteiger partial charge in [-0.1, -0.05) is 6.07 Å². The van der Waals surface area contributed by atoms with Crippen molar-refractivity contribution >= 4 is 17.3 Å². The van der Waals surface area contributed by atoms with Gasteiger partial charge in [-0.25, -0.2) is 9.18 Å². The highest BCUT2D eigenvalue weighted by atomic mass is 32.1. The number of rotatable bonds is 3. The van der Waals surface area contributed by atoms with E-state index in [-0.39, 0.29) is 5.56 Å². The summed E-state index contributed by atoms with van der Waals surface area (Å²) in [6, 6.07) is 4.57. The van der Waals surface area contributed by atoms with E-state index >= 15 is 0 Å². The molecule has 0 unspecified atom stereocenters. The van der Waals surface area contributed by atoms with E-state index < -0.39 is 29.1 Å². The van der Waals surface area contributed by atoms with Gasteiger partial charge >= 0.3 is 5.97 Å². The lowest BCUT2D eigenvalue weighted by Gasteiger charge is -2.13. The molecule has 0 amide bonds. The third-order valence-electron chi connectivity index (χ3n) is 2.52. The molecule has 1 atom stereocenters. The van der Waals surface area contributed by atoms with E-state index in [2.05, 4.69) is 0 Å². The van der Waals surface area contributed by atoms with Gasteiger partial charge in [-0.05, 0) is 23.6 Å². The van der Waals surface area contributed by atoms with Crippen molar-refractivity contribution in [3.8, 4) is 5.75 Å². The number of hydrogen-bond donors (Lipinski definition) is 3. The average molecular weight is 267 g/mol. The van der Waals surface area contributed by atoms with Crippen molar-refractivity contribution in [2.45, 2.75) is 6.04 Å². The maximum atomic E-state index is 13.3. The second-order valence-electron chi connectivity index (χ2n) is 3.69. The highest BCUT2D eigenvalue weighted by Gasteiger charge is 2.21. The van der Waals surface area contributed by atoms with Gasteiger partial charge in [0.15, 0.2) is 0 Å². The average Bonchev–Trinajstić information content (AvgIpc) is 2.84. The molecule has 0 radical (unpaired) electrons. The summed E-state index contributed by atoms with van der Waals surface area (Å²) in [6.07, 6.45) is 0. The lowest BCUT2D eigenvalue weighted by atomic mass is 10.0. The predicted octanol–water partition coefficient (Wildman–Crippen LogP) is 2.34. The first kappa shape index (κ1) is 12.5. The van der Waals surface area contributed by atoms with E-state index in [0.29, 0.717) is 4.88 Å². The topological polar surface area (TPSA) is 83.6 Å². The Hall–Kier alpha value is -1.92. The van der Waals surface area contributed by atoms with Gasteiger partial charge in [-0.2, -0.15) is 0 Å². The normalized spacial score (nSPS) is 12.3. The Balaban J connectivity index is 2.54. The maximum absolute atomic E-state index is 13.3. The van der Waals surface area contributed by atoms with Crippen LogP contribution in [0.25, 0.3) is 0 Å². The lowest BCUT2D eigenvalue weighted by molar-refractivity contribution is 0.0693. The molecule has 4 nitrogen and oxygen atoms in total. The summed E-state index contributed by atoms with van der Waals surface area (Å²) in [7, 11) is 0. The highest BCUT2D eigenvalue weighted by Crippen LogP contribution is 2.33. The van der Waals surface area contributed by atoms with Crippen molar-refractivity contribution in [3.63, 3.8) is 0 Å². The van der Waals surface area contributed by atoms with E-state index in [1.165, 1.54) is 11.3 Å². The molecule has 0 bridgehead atoms.